The second-order valence-electron chi connectivity index (χ2n) is 7.33. The van der Waals surface area contributed by atoms with Gasteiger partial charge in [0, 0.05) is 24.7 Å². The van der Waals surface area contributed by atoms with Crippen molar-refractivity contribution in [2.45, 2.75) is 65.1 Å². The van der Waals surface area contributed by atoms with Gasteiger partial charge in [0.25, 0.3) is 0 Å². The molecule has 1 fully saturated rings. The fourth-order valence-electron chi connectivity index (χ4n) is 3.50. The molecule has 0 unspecified atom stereocenters. The van der Waals surface area contributed by atoms with Gasteiger partial charge < -0.3 is 25.4 Å². The van der Waals surface area contributed by atoms with Crippen LogP contribution < -0.4 is 15.4 Å². The maximum atomic E-state index is 9.69. The lowest BCUT2D eigenvalue weighted by Gasteiger charge is -2.27. The third-order valence-electron chi connectivity index (χ3n) is 5.32. The maximum absolute atomic E-state index is 9.69. The van der Waals surface area contributed by atoms with Crippen molar-refractivity contribution in [2.24, 2.45) is 4.99 Å². The molecule has 0 aliphatic heterocycles. The number of hydrogen-bond acceptors (Lipinski definition) is 4. The minimum Gasteiger partial charge on any atom is -0.492 e. The van der Waals surface area contributed by atoms with Gasteiger partial charge in [0.15, 0.2) is 5.96 Å². The van der Waals surface area contributed by atoms with Crippen molar-refractivity contribution in [3.8, 4) is 5.75 Å². The summed E-state index contributed by atoms with van der Waals surface area (Å²) >= 11 is 0. The Morgan fingerprint density at radius 1 is 1.14 bits per heavy atom. The molecule has 0 spiro atoms. The van der Waals surface area contributed by atoms with Crippen molar-refractivity contribution < 1.29 is 9.84 Å². The quantitative estimate of drug-likeness (QED) is 0.423. The minimum absolute atomic E-state index is 0.141. The molecule has 1 aliphatic rings. The lowest BCUT2D eigenvalue weighted by Crippen LogP contribution is -2.45. The molecule has 0 radical (unpaired) electrons. The summed E-state index contributed by atoms with van der Waals surface area (Å²) in [6, 6.07) is 8.52. The van der Waals surface area contributed by atoms with Crippen LogP contribution in [0.25, 0.3) is 0 Å². The Hall–Kier alpha value is -1.79. The lowest BCUT2D eigenvalue weighted by molar-refractivity contribution is 0.120. The zero-order chi connectivity index (χ0) is 20.2. The predicted octanol–water partition coefficient (Wildman–Crippen LogP) is 2.77. The van der Waals surface area contributed by atoms with Gasteiger partial charge in [0.2, 0.25) is 0 Å². The molecule has 0 atom stereocenters. The largest absolute Gasteiger partial charge is 0.492 e. The fourth-order valence-corrected chi connectivity index (χ4v) is 3.50. The lowest BCUT2D eigenvalue weighted by atomic mass is 9.93. The van der Waals surface area contributed by atoms with Gasteiger partial charge in [0.1, 0.15) is 12.4 Å². The van der Waals surface area contributed by atoms with E-state index in [2.05, 4.69) is 42.4 Å². The Morgan fingerprint density at radius 2 is 1.86 bits per heavy atom. The van der Waals surface area contributed by atoms with Crippen LogP contribution in [0.4, 0.5) is 0 Å². The highest BCUT2D eigenvalue weighted by molar-refractivity contribution is 5.80. The van der Waals surface area contributed by atoms with Gasteiger partial charge in [-0.1, -0.05) is 32.0 Å². The SMILES string of the molecule is CCNC(=NCc1ccccc1OCCN(CC)CC)NC1CCC(O)CC1. The first-order valence-electron chi connectivity index (χ1n) is 10.8. The number of aliphatic hydroxyl groups excluding tert-OH is 1. The second-order valence-corrected chi connectivity index (χ2v) is 7.33. The van der Waals surface area contributed by atoms with Crippen LogP contribution in [0.15, 0.2) is 29.3 Å². The molecule has 0 aromatic heterocycles. The van der Waals surface area contributed by atoms with Gasteiger partial charge in [0.05, 0.1) is 12.6 Å². The summed E-state index contributed by atoms with van der Waals surface area (Å²) in [6.07, 6.45) is 3.55. The standard InChI is InChI=1S/C22H38N4O2/c1-4-23-22(25-19-11-13-20(27)14-12-19)24-17-18-9-7-8-10-21(18)28-16-15-26(5-2)6-3/h7-10,19-20,27H,4-6,11-17H2,1-3H3,(H2,23,24,25). The number of guanidine groups is 1. The molecule has 3 N–H and O–H groups in total. The molecule has 0 heterocycles. The van der Waals surface area contributed by atoms with Crippen molar-refractivity contribution in [1.29, 1.82) is 0 Å². The molecule has 1 saturated carbocycles. The van der Waals surface area contributed by atoms with E-state index in [0.29, 0.717) is 19.2 Å². The topological polar surface area (TPSA) is 69.1 Å². The van der Waals surface area contributed by atoms with Gasteiger partial charge in [-0.25, -0.2) is 4.99 Å². The Labute approximate surface area is 170 Å². The number of aliphatic imine (C=N–C) groups is 1. The monoisotopic (exact) mass is 390 g/mol. The highest BCUT2D eigenvalue weighted by Crippen LogP contribution is 2.20. The third kappa shape index (κ3) is 7.68. The number of benzene rings is 1. The summed E-state index contributed by atoms with van der Waals surface area (Å²) < 4.78 is 6.05. The van der Waals surface area contributed by atoms with Crippen LogP contribution in [0, 0.1) is 0 Å². The number of nitrogens with zero attached hydrogens (tertiary/aromatic N) is 2. The second kappa shape index (κ2) is 12.6. The van der Waals surface area contributed by atoms with E-state index in [1.165, 1.54) is 0 Å². The third-order valence-corrected chi connectivity index (χ3v) is 5.32. The van der Waals surface area contributed by atoms with Gasteiger partial charge >= 0.3 is 0 Å². The molecule has 1 aromatic rings. The summed E-state index contributed by atoms with van der Waals surface area (Å²) in [4.78, 5) is 7.13. The van der Waals surface area contributed by atoms with E-state index < -0.39 is 0 Å². The van der Waals surface area contributed by atoms with E-state index in [1.807, 2.05) is 18.2 Å². The van der Waals surface area contributed by atoms with Crippen LogP contribution in [0.3, 0.4) is 0 Å². The first-order valence-corrected chi connectivity index (χ1v) is 10.8. The predicted molar refractivity (Wildman–Crippen MR) is 116 cm³/mol. The number of para-hydroxylation sites is 1. The molecule has 0 bridgehead atoms. The maximum Gasteiger partial charge on any atom is 0.191 e. The molecule has 6 heteroatoms. The van der Waals surface area contributed by atoms with Crippen LogP contribution in [0.5, 0.6) is 5.75 Å². The molecule has 1 aliphatic carbocycles. The van der Waals surface area contributed by atoms with Crippen LogP contribution in [-0.4, -0.2) is 60.9 Å². The summed E-state index contributed by atoms with van der Waals surface area (Å²) in [5.74, 6) is 1.75. The summed E-state index contributed by atoms with van der Waals surface area (Å²) in [7, 11) is 0. The van der Waals surface area contributed by atoms with Gasteiger partial charge in [-0.05, 0) is 51.8 Å². The Morgan fingerprint density at radius 3 is 2.54 bits per heavy atom. The van der Waals surface area contributed by atoms with Gasteiger partial charge in [-0.3, -0.25) is 0 Å². The van der Waals surface area contributed by atoms with Crippen molar-refractivity contribution >= 4 is 5.96 Å². The van der Waals surface area contributed by atoms with E-state index >= 15 is 0 Å². The number of aliphatic hydroxyl groups is 1. The number of rotatable bonds is 10. The van der Waals surface area contributed by atoms with Crippen molar-refractivity contribution in [3.05, 3.63) is 29.8 Å². The normalized spacial score (nSPS) is 20.2. The molecule has 6 nitrogen and oxygen atoms in total. The van der Waals surface area contributed by atoms with Crippen molar-refractivity contribution in [2.75, 3.05) is 32.8 Å². The summed E-state index contributed by atoms with van der Waals surface area (Å²) in [5.41, 5.74) is 1.10. The highest BCUT2D eigenvalue weighted by atomic mass is 16.5. The minimum atomic E-state index is -0.141. The average molecular weight is 391 g/mol. The van der Waals surface area contributed by atoms with E-state index in [-0.39, 0.29) is 6.10 Å². The van der Waals surface area contributed by atoms with Crippen molar-refractivity contribution in [1.82, 2.24) is 15.5 Å². The molecular formula is C22H38N4O2. The van der Waals surface area contributed by atoms with E-state index in [0.717, 1.165) is 69.1 Å². The number of ether oxygens (including phenoxy) is 1. The number of nitrogens with one attached hydrogen (secondary N) is 2. The Bertz CT molecular complexity index is 582. The molecule has 0 saturated heterocycles. The smallest absolute Gasteiger partial charge is 0.191 e. The van der Waals surface area contributed by atoms with Crippen LogP contribution in [0.1, 0.15) is 52.0 Å². The molecule has 28 heavy (non-hydrogen) atoms. The Balaban J connectivity index is 1.93. The molecule has 158 valence electrons. The zero-order valence-electron chi connectivity index (χ0n) is 17.8. The Kier molecular flexibility index (Phi) is 10.1. The zero-order valence-corrected chi connectivity index (χ0v) is 17.8. The van der Waals surface area contributed by atoms with E-state index in [4.69, 9.17) is 9.73 Å². The molecule has 0 amide bonds. The molecule has 1 aromatic carbocycles. The van der Waals surface area contributed by atoms with Crippen LogP contribution in [-0.2, 0) is 6.54 Å². The van der Waals surface area contributed by atoms with Crippen LogP contribution in [0.2, 0.25) is 0 Å². The van der Waals surface area contributed by atoms with Gasteiger partial charge in [-0.2, -0.15) is 0 Å². The molecule has 2 rings (SSSR count). The number of hydrogen-bond donors (Lipinski definition) is 3. The van der Waals surface area contributed by atoms with E-state index in [1.54, 1.807) is 0 Å². The fraction of sp³-hybridized carbons (Fsp3) is 0.682. The average Bonchev–Trinajstić information content (AvgIpc) is 2.72. The van der Waals surface area contributed by atoms with Crippen molar-refractivity contribution in [3.63, 3.8) is 0 Å². The van der Waals surface area contributed by atoms with Gasteiger partial charge in [-0.15, -0.1) is 0 Å². The highest BCUT2D eigenvalue weighted by Gasteiger charge is 2.20. The molecular weight excluding hydrogens is 352 g/mol. The first-order chi connectivity index (χ1) is 13.7. The number of likely N-dealkylation sites (N-methyl/N-ethyl adjacent to an activating group) is 1. The van der Waals surface area contributed by atoms with Crippen LogP contribution >= 0.6 is 0 Å². The first kappa shape index (κ1) is 22.5. The summed E-state index contributed by atoms with van der Waals surface area (Å²) in [5, 5.41) is 16.5. The van der Waals surface area contributed by atoms with E-state index in [9.17, 15) is 5.11 Å². The summed E-state index contributed by atoms with van der Waals surface area (Å²) in [6.45, 7) is 11.5.